The third-order valence-corrected chi connectivity index (χ3v) is 7.19. The van der Waals surface area contributed by atoms with E-state index in [2.05, 4.69) is 0 Å². The quantitative estimate of drug-likeness (QED) is 0.152. The van der Waals surface area contributed by atoms with Crippen LogP contribution in [0.25, 0.3) is 5.76 Å². The highest BCUT2D eigenvalue weighted by Crippen LogP contribution is 2.44. The van der Waals surface area contributed by atoms with Gasteiger partial charge in [0.2, 0.25) is 0 Å². The Kier molecular flexibility index (Phi) is 7.41. The first kappa shape index (κ1) is 27.7. The van der Waals surface area contributed by atoms with Gasteiger partial charge in [0, 0.05) is 16.8 Å². The van der Waals surface area contributed by atoms with Crippen LogP contribution in [0.5, 0.6) is 17.2 Å². The molecule has 1 amide bonds. The molecule has 1 atom stereocenters. The standard InChI is InChI=1S/C35H33NO5/c1-22-14-17-25(18-15-22)36-31(23-10-9-13-27(20-23)41-26-11-7-6-8-12-26)30(33(38)34(36)39)32(37)24-16-19-29(40-5)28(21-24)35(2,3)4/h6-21,31,37H,1-5H3/b32-30+. The average Bonchev–Trinajstić information content (AvgIpc) is 3.23. The van der Waals surface area contributed by atoms with Crippen molar-refractivity contribution in [3.05, 3.63) is 125 Å². The van der Waals surface area contributed by atoms with Crippen LogP contribution in [0.3, 0.4) is 0 Å². The van der Waals surface area contributed by atoms with E-state index in [-0.39, 0.29) is 16.7 Å². The highest BCUT2D eigenvalue weighted by Gasteiger charge is 2.47. The molecule has 0 bridgehead atoms. The van der Waals surface area contributed by atoms with Gasteiger partial charge in [-0.05, 0) is 72.5 Å². The minimum atomic E-state index is -0.878. The number of ketones is 1. The molecule has 4 aromatic rings. The number of carbonyl (C=O) groups is 2. The molecule has 0 aromatic heterocycles. The van der Waals surface area contributed by atoms with Gasteiger partial charge in [-0.1, -0.05) is 68.8 Å². The molecular formula is C35H33NO5. The Hall–Kier alpha value is -4.84. The number of hydrogen-bond acceptors (Lipinski definition) is 5. The second-order valence-electron chi connectivity index (χ2n) is 11.2. The monoisotopic (exact) mass is 547 g/mol. The van der Waals surface area contributed by atoms with Crippen molar-refractivity contribution in [1.29, 1.82) is 0 Å². The summed E-state index contributed by atoms with van der Waals surface area (Å²) in [6, 6.07) is 28.4. The highest BCUT2D eigenvalue weighted by molar-refractivity contribution is 6.51. The number of rotatable bonds is 6. The molecule has 1 aliphatic rings. The number of para-hydroxylation sites is 1. The van der Waals surface area contributed by atoms with E-state index in [1.54, 1.807) is 25.3 Å². The van der Waals surface area contributed by atoms with Gasteiger partial charge in [-0.25, -0.2) is 0 Å². The van der Waals surface area contributed by atoms with E-state index in [1.165, 1.54) is 4.90 Å². The minimum Gasteiger partial charge on any atom is -0.507 e. The Morgan fingerprint density at radius 3 is 2.17 bits per heavy atom. The fourth-order valence-electron chi connectivity index (χ4n) is 5.09. The van der Waals surface area contributed by atoms with Gasteiger partial charge in [0.05, 0.1) is 18.7 Å². The fraction of sp³-hybridized carbons (Fsp3) is 0.200. The molecule has 1 heterocycles. The molecule has 1 saturated heterocycles. The van der Waals surface area contributed by atoms with E-state index < -0.39 is 17.7 Å². The van der Waals surface area contributed by atoms with Gasteiger partial charge in [-0.3, -0.25) is 14.5 Å². The number of ether oxygens (including phenoxy) is 2. The summed E-state index contributed by atoms with van der Waals surface area (Å²) in [4.78, 5) is 28.7. The summed E-state index contributed by atoms with van der Waals surface area (Å²) in [6.07, 6.45) is 0. The molecule has 0 spiro atoms. The second kappa shape index (κ2) is 11.0. The minimum absolute atomic E-state index is 0.0115. The van der Waals surface area contributed by atoms with E-state index in [0.29, 0.717) is 34.1 Å². The normalized spacial score (nSPS) is 16.6. The van der Waals surface area contributed by atoms with E-state index in [9.17, 15) is 14.7 Å². The van der Waals surface area contributed by atoms with Crippen LogP contribution in [0.1, 0.15) is 49.1 Å². The van der Waals surface area contributed by atoms with Crippen LogP contribution in [0, 0.1) is 6.92 Å². The molecule has 1 aliphatic heterocycles. The molecule has 208 valence electrons. The molecule has 1 N–H and O–H groups in total. The number of anilines is 1. The second-order valence-corrected chi connectivity index (χ2v) is 11.2. The number of Topliss-reactive ketones (excluding diaryl/α,β-unsaturated/α-hetero) is 1. The Morgan fingerprint density at radius 1 is 0.829 bits per heavy atom. The van der Waals surface area contributed by atoms with Crippen molar-refractivity contribution < 1.29 is 24.2 Å². The lowest BCUT2D eigenvalue weighted by atomic mass is 9.84. The summed E-state index contributed by atoms with van der Waals surface area (Å²) < 4.78 is 11.6. The number of hydrogen-bond donors (Lipinski definition) is 1. The number of aliphatic hydroxyl groups excluding tert-OH is 1. The predicted octanol–water partition coefficient (Wildman–Crippen LogP) is 7.72. The Morgan fingerprint density at radius 2 is 1.51 bits per heavy atom. The molecule has 0 aliphatic carbocycles. The fourth-order valence-corrected chi connectivity index (χ4v) is 5.09. The molecule has 5 rings (SSSR count). The summed E-state index contributed by atoms with van der Waals surface area (Å²) in [6.45, 7) is 8.09. The lowest BCUT2D eigenvalue weighted by Crippen LogP contribution is -2.29. The smallest absolute Gasteiger partial charge is 0.300 e. The van der Waals surface area contributed by atoms with E-state index in [1.807, 2.05) is 107 Å². The molecule has 0 radical (unpaired) electrons. The van der Waals surface area contributed by atoms with Gasteiger partial charge in [0.1, 0.15) is 23.0 Å². The number of methoxy groups -OCH3 is 1. The number of amides is 1. The number of aryl methyl sites for hydroxylation is 1. The first-order valence-corrected chi connectivity index (χ1v) is 13.5. The predicted molar refractivity (Wildman–Crippen MR) is 161 cm³/mol. The number of benzene rings is 4. The van der Waals surface area contributed by atoms with Crippen LogP contribution in [0.15, 0.2) is 103 Å². The van der Waals surface area contributed by atoms with Crippen LogP contribution in [0.4, 0.5) is 5.69 Å². The van der Waals surface area contributed by atoms with E-state index in [4.69, 9.17) is 9.47 Å². The van der Waals surface area contributed by atoms with Gasteiger partial charge in [-0.2, -0.15) is 0 Å². The zero-order chi connectivity index (χ0) is 29.3. The van der Waals surface area contributed by atoms with Crippen molar-refractivity contribution in [2.45, 2.75) is 39.2 Å². The van der Waals surface area contributed by atoms with Crippen LogP contribution in [-0.4, -0.2) is 23.9 Å². The summed E-state index contributed by atoms with van der Waals surface area (Å²) in [5.74, 6) is 0.171. The van der Waals surface area contributed by atoms with Crippen molar-refractivity contribution in [2.24, 2.45) is 0 Å². The maximum Gasteiger partial charge on any atom is 0.300 e. The van der Waals surface area contributed by atoms with Crippen LogP contribution >= 0.6 is 0 Å². The molecule has 0 saturated carbocycles. The van der Waals surface area contributed by atoms with E-state index >= 15 is 0 Å². The summed E-state index contributed by atoms with van der Waals surface area (Å²) in [5.41, 5.74) is 3.22. The molecule has 1 fully saturated rings. The van der Waals surface area contributed by atoms with Gasteiger partial charge in [0.25, 0.3) is 11.7 Å². The Labute approximate surface area is 240 Å². The maximum atomic E-state index is 13.7. The lowest BCUT2D eigenvalue weighted by molar-refractivity contribution is -0.132. The van der Waals surface area contributed by atoms with Crippen molar-refractivity contribution >= 4 is 23.1 Å². The van der Waals surface area contributed by atoms with E-state index in [0.717, 1.165) is 11.1 Å². The molecule has 1 unspecified atom stereocenters. The summed E-state index contributed by atoms with van der Waals surface area (Å²) >= 11 is 0. The topological polar surface area (TPSA) is 76.1 Å². The van der Waals surface area contributed by atoms with Crippen LogP contribution in [-0.2, 0) is 15.0 Å². The number of nitrogens with zero attached hydrogens (tertiary/aromatic N) is 1. The highest BCUT2D eigenvalue weighted by atomic mass is 16.5. The van der Waals surface area contributed by atoms with Gasteiger partial charge >= 0.3 is 0 Å². The first-order valence-electron chi connectivity index (χ1n) is 13.5. The molecule has 41 heavy (non-hydrogen) atoms. The van der Waals surface area contributed by atoms with Crippen molar-refractivity contribution in [1.82, 2.24) is 0 Å². The average molecular weight is 548 g/mol. The Bertz CT molecular complexity index is 1630. The molecule has 6 heteroatoms. The van der Waals surface area contributed by atoms with Crippen molar-refractivity contribution in [2.75, 3.05) is 12.0 Å². The third-order valence-electron chi connectivity index (χ3n) is 7.19. The Balaban J connectivity index is 1.69. The lowest BCUT2D eigenvalue weighted by Gasteiger charge is -2.26. The summed E-state index contributed by atoms with van der Waals surface area (Å²) in [7, 11) is 1.60. The molecule has 4 aromatic carbocycles. The third kappa shape index (κ3) is 5.46. The van der Waals surface area contributed by atoms with Crippen molar-refractivity contribution in [3.8, 4) is 17.2 Å². The van der Waals surface area contributed by atoms with Gasteiger partial charge in [-0.15, -0.1) is 0 Å². The SMILES string of the molecule is COc1ccc(/C(O)=C2\C(=O)C(=O)N(c3ccc(C)cc3)C2c2cccc(Oc3ccccc3)c2)cc1C(C)(C)C. The van der Waals surface area contributed by atoms with Gasteiger partial charge < -0.3 is 14.6 Å². The maximum absolute atomic E-state index is 13.7. The van der Waals surface area contributed by atoms with Crippen LogP contribution < -0.4 is 14.4 Å². The van der Waals surface area contributed by atoms with Crippen molar-refractivity contribution in [3.63, 3.8) is 0 Å². The largest absolute Gasteiger partial charge is 0.507 e. The van der Waals surface area contributed by atoms with Crippen LogP contribution in [0.2, 0.25) is 0 Å². The van der Waals surface area contributed by atoms with Gasteiger partial charge in [0.15, 0.2) is 0 Å². The summed E-state index contributed by atoms with van der Waals surface area (Å²) in [5, 5.41) is 11.7. The molecule has 6 nitrogen and oxygen atoms in total. The number of aliphatic hydroxyl groups is 1. The first-order chi connectivity index (χ1) is 19.6. The molecular weight excluding hydrogens is 514 g/mol. The number of carbonyl (C=O) groups excluding carboxylic acids is 2. The zero-order valence-corrected chi connectivity index (χ0v) is 23.8. The zero-order valence-electron chi connectivity index (χ0n) is 23.8.